The van der Waals surface area contributed by atoms with E-state index in [4.69, 9.17) is 4.74 Å². The van der Waals surface area contributed by atoms with E-state index < -0.39 is 0 Å². The summed E-state index contributed by atoms with van der Waals surface area (Å²) >= 11 is 0. The van der Waals surface area contributed by atoms with E-state index in [9.17, 15) is 4.79 Å². The number of rotatable bonds is 5. The molecule has 1 aliphatic heterocycles. The third kappa shape index (κ3) is 3.52. The quantitative estimate of drug-likeness (QED) is 0.748. The van der Waals surface area contributed by atoms with Crippen LogP contribution in [0.1, 0.15) is 51.9 Å². The molecule has 3 heteroatoms. The Morgan fingerprint density at radius 2 is 2.06 bits per heavy atom. The Labute approximate surface area is 104 Å². The van der Waals surface area contributed by atoms with Crippen LogP contribution in [-0.2, 0) is 9.53 Å². The summed E-state index contributed by atoms with van der Waals surface area (Å²) in [4.78, 5) is 12.0. The van der Waals surface area contributed by atoms with E-state index in [0.717, 1.165) is 18.8 Å². The number of piperidine rings is 1. The smallest absolute Gasteiger partial charge is 0.175 e. The molecule has 1 aliphatic carbocycles. The summed E-state index contributed by atoms with van der Waals surface area (Å²) in [7, 11) is 0. The molecule has 1 heterocycles. The van der Waals surface area contributed by atoms with Crippen LogP contribution < -0.4 is 5.32 Å². The maximum Gasteiger partial charge on any atom is 0.175 e. The van der Waals surface area contributed by atoms with E-state index in [2.05, 4.69) is 12.2 Å². The third-order valence-corrected chi connectivity index (χ3v) is 4.13. The van der Waals surface area contributed by atoms with Crippen molar-refractivity contribution in [3.63, 3.8) is 0 Å². The number of carbonyl (C=O) groups excluding carboxylic acids is 1. The zero-order chi connectivity index (χ0) is 12.1. The molecule has 1 N–H and O–H groups in total. The lowest BCUT2D eigenvalue weighted by Crippen LogP contribution is -2.52. The monoisotopic (exact) mass is 239 g/mol. The molecule has 2 rings (SSSR count). The van der Waals surface area contributed by atoms with Crippen molar-refractivity contribution in [2.45, 2.75) is 64.0 Å². The summed E-state index contributed by atoms with van der Waals surface area (Å²) in [5.41, 5.74) is 0. The van der Waals surface area contributed by atoms with Crippen LogP contribution >= 0.6 is 0 Å². The van der Waals surface area contributed by atoms with Gasteiger partial charge in [0.25, 0.3) is 0 Å². The summed E-state index contributed by atoms with van der Waals surface area (Å²) < 4.78 is 5.34. The van der Waals surface area contributed by atoms with Gasteiger partial charge in [0.1, 0.15) is 6.61 Å². The van der Waals surface area contributed by atoms with E-state index in [1.165, 1.54) is 32.1 Å². The van der Waals surface area contributed by atoms with Crippen molar-refractivity contribution in [3.8, 4) is 0 Å². The van der Waals surface area contributed by atoms with Crippen LogP contribution in [0.3, 0.4) is 0 Å². The minimum Gasteiger partial charge on any atom is -0.374 e. The minimum absolute atomic E-state index is 0.0613. The molecule has 1 saturated carbocycles. The molecule has 2 fully saturated rings. The van der Waals surface area contributed by atoms with Crippen molar-refractivity contribution in [1.29, 1.82) is 0 Å². The summed E-state index contributed by atoms with van der Waals surface area (Å²) in [6.45, 7) is 3.06. The molecule has 3 unspecified atom stereocenters. The number of ketones is 1. The van der Waals surface area contributed by atoms with E-state index in [1.54, 1.807) is 0 Å². The molecule has 17 heavy (non-hydrogen) atoms. The predicted molar refractivity (Wildman–Crippen MR) is 68.0 cm³/mol. The molecule has 0 amide bonds. The van der Waals surface area contributed by atoms with Crippen LogP contribution in [0.5, 0.6) is 0 Å². The largest absolute Gasteiger partial charge is 0.374 e. The van der Waals surface area contributed by atoms with Crippen LogP contribution in [0.2, 0.25) is 0 Å². The molecule has 0 aromatic rings. The number of fused-ring (bicyclic) bond motifs is 1. The van der Waals surface area contributed by atoms with Gasteiger partial charge in [-0.2, -0.15) is 0 Å². The van der Waals surface area contributed by atoms with Gasteiger partial charge in [-0.1, -0.05) is 19.8 Å². The molecule has 0 spiro atoms. The summed E-state index contributed by atoms with van der Waals surface area (Å²) in [5, 5.41) is 3.55. The highest BCUT2D eigenvalue weighted by molar-refractivity contribution is 5.85. The highest BCUT2D eigenvalue weighted by atomic mass is 16.5. The SMILES string of the molecule is CCCOCC(=O)C1CCC2CCCCC2N1. The van der Waals surface area contributed by atoms with Gasteiger partial charge in [0, 0.05) is 12.6 Å². The maximum atomic E-state index is 12.0. The first-order chi connectivity index (χ1) is 8.31. The lowest BCUT2D eigenvalue weighted by Gasteiger charge is -2.39. The molecular formula is C14H25NO2. The number of Topliss-reactive ketones (excluding diaryl/α,β-unsaturated/α-hetero) is 1. The Morgan fingerprint density at radius 1 is 1.24 bits per heavy atom. The van der Waals surface area contributed by atoms with Crippen molar-refractivity contribution in [2.24, 2.45) is 5.92 Å². The number of carbonyl (C=O) groups is 1. The van der Waals surface area contributed by atoms with E-state index in [1.807, 2.05) is 0 Å². The normalized spacial score (nSPS) is 33.1. The van der Waals surface area contributed by atoms with Crippen molar-refractivity contribution in [1.82, 2.24) is 5.32 Å². The van der Waals surface area contributed by atoms with Crippen LogP contribution in [0.4, 0.5) is 0 Å². The van der Waals surface area contributed by atoms with Crippen LogP contribution in [-0.4, -0.2) is 31.1 Å². The fourth-order valence-corrected chi connectivity index (χ4v) is 3.17. The Bertz CT molecular complexity index is 255. The Kier molecular flexibility index (Phi) is 4.99. The van der Waals surface area contributed by atoms with Gasteiger partial charge >= 0.3 is 0 Å². The molecular weight excluding hydrogens is 214 g/mol. The first-order valence-electron chi connectivity index (χ1n) is 7.17. The zero-order valence-corrected chi connectivity index (χ0v) is 10.9. The van der Waals surface area contributed by atoms with Crippen molar-refractivity contribution < 1.29 is 9.53 Å². The van der Waals surface area contributed by atoms with Gasteiger partial charge < -0.3 is 10.1 Å². The maximum absolute atomic E-state index is 12.0. The van der Waals surface area contributed by atoms with Crippen molar-refractivity contribution in [3.05, 3.63) is 0 Å². The number of ether oxygens (including phenoxy) is 1. The molecule has 1 saturated heterocycles. The molecule has 0 aromatic carbocycles. The molecule has 2 aliphatic rings. The molecule has 3 atom stereocenters. The average Bonchev–Trinajstić information content (AvgIpc) is 2.38. The van der Waals surface area contributed by atoms with Gasteiger partial charge in [0.15, 0.2) is 5.78 Å². The third-order valence-electron chi connectivity index (χ3n) is 4.13. The van der Waals surface area contributed by atoms with Crippen molar-refractivity contribution in [2.75, 3.05) is 13.2 Å². The second kappa shape index (κ2) is 6.50. The topological polar surface area (TPSA) is 38.3 Å². The highest BCUT2D eigenvalue weighted by Gasteiger charge is 2.34. The summed E-state index contributed by atoms with van der Waals surface area (Å²) in [6.07, 6.45) is 8.52. The molecule has 98 valence electrons. The number of nitrogens with one attached hydrogen (secondary N) is 1. The standard InChI is InChI=1S/C14H25NO2/c1-2-9-17-10-14(16)13-8-7-11-5-3-4-6-12(11)15-13/h11-13,15H,2-10H2,1H3. The van der Waals surface area contributed by atoms with Crippen LogP contribution in [0.25, 0.3) is 0 Å². The van der Waals surface area contributed by atoms with Gasteiger partial charge in [-0.15, -0.1) is 0 Å². The second-order valence-electron chi connectivity index (χ2n) is 5.47. The second-order valence-corrected chi connectivity index (χ2v) is 5.47. The fraction of sp³-hybridized carbons (Fsp3) is 0.929. The zero-order valence-electron chi connectivity index (χ0n) is 10.9. The summed E-state index contributed by atoms with van der Waals surface area (Å²) in [5.74, 6) is 1.08. The molecule has 0 aromatic heterocycles. The molecule has 3 nitrogen and oxygen atoms in total. The van der Waals surface area contributed by atoms with Gasteiger partial charge in [-0.05, 0) is 38.0 Å². The molecule has 0 radical (unpaired) electrons. The van der Waals surface area contributed by atoms with Gasteiger partial charge in [-0.3, -0.25) is 4.79 Å². The average molecular weight is 239 g/mol. The first kappa shape index (κ1) is 13.0. The first-order valence-corrected chi connectivity index (χ1v) is 7.17. The van der Waals surface area contributed by atoms with E-state index >= 15 is 0 Å². The van der Waals surface area contributed by atoms with Gasteiger partial charge in [0.05, 0.1) is 6.04 Å². The van der Waals surface area contributed by atoms with Gasteiger partial charge in [0.2, 0.25) is 0 Å². The van der Waals surface area contributed by atoms with E-state index in [0.29, 0.717) is 19.3 Å². The number of hydrogen-bond donors (Lipinski definition) is 1. The van der Waals surface area contributed by atoms with Crippen molar-refractivity contribution >= 4 is 5.78 Å². The fourth-order valence-electron chi connectivity index (χ4n) is 3.17. The Balaban J connectivity index is 1.76. The van der Waals surface area contributed by atoms with E-state index in [-0.39, 0.29) is 11.8 Å². The summed E-state index contributed by atoms with van der Waals surface area (Å²) in [6, 6.07) is 0.656. The highest BCUT2D eigenvalue weighted by Crippen LogP contribution is 2.32. The van der Waals surface area contributed by atoms with Crippen LogP contribution in [0, 0.1) is 5.92 Å². The van der Waals surface area contributed by atoms with Gasteiger partial charge in [-0.25, -0.2) is 0 Å². The lowest BCUT2D eigenvalue weighted by atomic mass is 9.77. The Hall–Kier alpha value is -0.410. The minimum atomic E-state index is 0.0613. The lowest BCUT2D eigenvalue weighted by molar-refractivity contribution is -0.127. The predicted octanol–water partition coefficient (Wildman–Crippen LogP) is 2.29. The van der Waals surface area contributed by atoms with Crippen LogP contribution in [0.15, 0.2) is 0 Å². The number of hydrogen-bond acceptors (Lipinski definition) is 3. The Morgan fingerprint density at radius 3 is 2.88 bits per heavy atom. The molecule has 0 bridgehead atoms.